The Kier molecular flexibility index (Phi) is 4.77. The van der Waals surface area contributed by atoms with Crippen LogP contribution in [0.5, 0.6) is 5.75 Å². The average Bonchev–Trinajstić information content (AvgIpc) is 2.71. The van der Waals surface area contributed by atoms with Crippen molar-refractivity contribution in [3.05, 3.63) is 45.4 Å². The molecule has 0 amide bonds. The van der Waals surface area contributed by atoms with E-state index in [9.17, 15) is 4.39 Å². The van der Waals surface area contributed by atoms with Crippen LogP contribution >= 0.6 is 15.9 Å². The summed E-state index contributed by atoms with van der Waals surface area (Å²) in [5.41, 5.74) is 2.28. The number of halogens is 2. The molecule has 4 nitrogen and oxygen atoms in total. The van der Waals surface area contributed by atoms with Gasteiger partial charge in [0, 0.05) is 12.6 Å². The first-order chi connectivity index (χ1) is 9.55. The number of aliphatic hydroxyl groups excluding tert-OH is 1. The first-order valence-corrected chi connectivity index (χ1v) is 7.09. The summed E-state index contributed by atoms with van der Waals surface area (Å²) in [4.78, 5) is 0. The number of ether oxygens (including phenoxy) is 1. The van der Waals surface area contributed by atoms with Gasteiger partial charge in [-0.15, -0.1) is 0 Å². The molecule has 1 aromatic heterocycles. The van der Waals surface area contributed by atoms with Gasteiger partial charge in [0.1, 0.15) is 18.2 Å². The normalized spacial score (nSPS) is 10.8. The molecule has 0 saturated carbocycles. The van der Waals surface area contributed by atoms with Crippen molar-refractivity contribution in [2.24, 2.45) is 0 Å². The van der Waals surface area contributed by atoms with Crippen molar-refractivity contribution in [1.29, 1.82) is 0 Å². The molecule has 0 radical (unpaired) electrons. The van der Waals surface area contributed by atoms with Crippen LogP contribution in [-0.4, -0.2) is 14.9 Å². The SMILES string of the molecule is CCn1nc(C)c(Br)c1COc1cc(F)cc(CO)c1. The van der Waals surface area contributed by atoms with Gasteiger partial charge in [-0.05, 0) is 47.5 Å². The summed E-state index contributed by atoms with van der Waals surface area (Å²) in [6.07, 6.45) is 0. The molecule has 6 heteroatoms. The first-order valence-electron chi connectivity index (χ1n) is 6.30. The summed E-state index contributed by atoms with van der Waals surface area (Å²) >= 11 is 3.48. The lowest BCUT2D eigenvalue weighted by molar-refractivity contribution is 0.274. The highest BCUT2D eigenvalue weighted by Crippen LogP contribution is 2.24. The summed E-state index contributed by atoms with van der Waals surface area (Å²) in [5, 5.41) is 13.4. The standard InChI is InChI=1S/C14H16BrFN2O2/c1-3-18-13(14(15)9(2)17-18)8-20-12-5-10(7-19)4-11(16)6-12/h4-6,19H,3,7-8H2,1-2H3. The van der Waals surface area contributed by atoms with Gasteiger partial charge in [0.25, 0.3) is 0 Å². The molecule has 0 aliphatic rings. The smallest absolute Gasteiger partial charge is 0.131 e. The van der Waals surface area contributed by atoms with Gasteiger partial charge in [-0.2, -0.15) is 5.10 Å². The van der Waals surface area contributed by atoms with Crippen LogP contribution in [0.4, 0.5) is 4.39 Å². The molecule has 1 N–H and O–H groups in total. The third-order valence-corrected chi connectivity index (χ3v) is 3.97. The van der Waals surface area contributed by atoms with E-state index in [-0.39, 0.29) is 13.2 Å². The molecule has 0 aliphatic heterocycles. The minimum Gasteiger partial charge on any atom is -0.487 e. The molecule has 0 fully saturated rings. The van der Waals surface area contributed by atoms with E-state index < -0.39 is 5.82 Å². The van der Waals surface area contributed by atoms with Crippen molar-refractivity contribution in [2.75, 3.05) is 0 Å². The zero-order valence-electron chi connectivity index (χ0n) is 11.4. The summed E-state index contributed by atoms with van der Waals surface area (Å²) in [6, 6.07) is 4.20. The summed E-state index contributed by atoms with van der Waals surface area (Å²) < 4.78 is 21.7. The number of hydrogen-bond acceptors (Lipinski definition) is 3. The van der Waals surface area contributed by atoms with Crippen LogP contribution in [0, 0.1) is 12.7 Å². The minimum atomic E-state index is -0.425. The topological polar surface area (TPSA) is 47.3 Å². The van der Waals surface area contributed by atoms with E-state index in [1.807, 2.05) is 18.5 Å². The van der Waals surface area contributed by atoms with Crippen LogP contribution in [0.2, 0.25) is 0 Å². The maximum Gasteiger partial charge on any atom is 0.131 e. The van der Waals surface area contributed by atoms with Gasteiger partial charge in [0.2, 0.25) is 0 Å². The van der Waals surface area contributed by atoms with Crippen molar-refractivity contribution < 1.29 is 14.2 Å². The van der Waals surface area contributed by atoms with E-state index in [1.165, 1.54) is 12.1 Å². The van der Waals surface area contributed by atoms with E-state index in [0.717, 1.165) is 22.4 Å². The van der Waals surface area contributed by atoms with Gasteiger partial charge in [-0.25, -0.2) is 4.39 Å². The third kappa shape index (κ3) is 3.19. The number of hydrogen-bond donors (Lipinski definition) is 1. The lowest BCUT2D eigenvalue weighted by Crippen LogP contribution is -2.07. The lowest BCUT2D eigenvalue weighted by Gasteiger charge is -2.09. The molecule has 20 heavy (non-hydrogen) atoms. The van der Waals surface area contributed by atoms with E-state index in [2.05, 4.69) is 21.0 Å². The largest absolute Gasteiger partial charge is 0.487 e. The van der Waals surface area contributed by atoms with Crippen molar-refractivity contribution in [3.8, 4) is 5.75 Å². The van der Waals surface area contributed by atoms with Gasteiger partial charge < -0.3 is 9.84 Å². The Morgan fingerprint density at radius 3 is 2.80 bits per heavy atom. The van der Waals surface area contributed by atoms with Gasteiger partial charge in [0.15, 0.2) is 0 Å². The first kappa shape index (κ1) is 15.0. The predicted molar refractivity (Wildman–Crippen MR) is 77.0 cm³/mol. The molecule has 0 spiro atoms. The number of nitrogens with zero attached hydrogens (tertiary/aromatic N) is 2. The van der Waals surface area contributed by atoms with Crippen LogP contribution < -0.4 is 4.74 Å². The van der Waals surface area contributed by atoms with Crippen molar-refractivity contribution in [2.45, 2.75) is 33.6 Å². The molecule has 0 aliphatic carbocycles. The fraction of sp³-hybridized carbons (Fsp3) is 0.357. The second kappa shape index (κ2) is 6.37. The molecule has 2 rings (SSSR count). The molecular formula is C14H16BrFN2O2. The van der Waals surface area contributed by atoms with Crippen molar-refractivity contribution in [3.63, 3.8) is 0 Å². The maximum absolute atomic E-state index is 13.4. The predicted octanol–water partition coefficient (Wildman–Crippen LogP) is 3.18. The Balaban J connectivity index is 2.18. The number of aryl methyl sites for hydroxylation is 2. The monoisotopic (exact) mass is 342 g/mol. The maximum atomic E-state index is 13.4. The van der Waals surface area contributed by atoms with Crippen LogP contribution in [-0.2, 0) is 19.8 Å². The van der Waals surface area contributed by atoms with E-state index >= 15 is 0 Å². The van der Waals surface area contributed by atoms with Gasteiger partial charge in [-0.1, -0.05) is 0 Å². The summed E-state index contributed by atoms with van der Waals surface area (Å²) in [5.74, 6) is -0.0340. The quantitative estimate of drug-likeness (QED) is 0.907. The van der Waals surface area contributed by atoms with Gasteiger partial charge in [0.05, 0.1) is 22.5 Å². The Morgan fingerprint density at radius 1 is 1.40 bits per heavy atom. The Labute approximate surface area is 125 Å². The highest BCUT2D eigenvalue weighted by molar-refractivity contribution is 9.10. The summed E-state index contributed by atoms with van der Waals surface area (Å²) in [6.45, 7) is 4.70. The van der Waals surface area contributed by atoms with Crippen LogP contribution in [0.15, 0.2) is 22.7 Å². The second-order valence-corrected chi connectivity index (χ2v) is 5.20. The molecule has 0 saturated heterocycles. The molecule has 2 aromatic rings. The highest BCUT2D eigenvalue weighted by atomic mass is 79.9. The lowest BCUT2D eigenvalue weighted by atomic mass is 10.2. The van der Waals surface area contributed by atoms with Crippen LogP contribution in [0.3, 0.4) is 0 Å². The average molecular weight is 343 g/mol. The highest BCUT2D eigenvalue weighted by Gasteiger charge is 2.13. The van der Waals surface area contributed by atoms with E-state index in [4.69, 9.17) is 9.84 Å². The number of aromatic nitrogens is 2. The Hall–Kier alpha value is -1.40. The van der Waals surface area contributed by atoms with E-state index in [0.29, 0.717) is 11.3 Å². The number of aliphatic hydroxyl groups is 1. The van der Waals surface area contributed by atoms with Gasteiger partial charge >= 0.3 is 0 Å². The summed E-state index contributed by atoms with van der Waals surface area (Å²) in [7, 11) is 0. The molecule has 108 valence electrons. The zero-order chi connectivity index (χ0) is 14.7. The Morgan fingerprint density at radius 2 is 2.15 bits per heavy atom. The Bertz CT molecular complexity index is 613. The molecule has 0 unspecified atom stereocenters. The fourth-order valence-electron chi connectivity index (χ4n) is 1.95. The second-order valence-electron chi connectivity index (χ2n) is 4.40. The zero-order valence-corrected chi connectivity index (χ0v) is 12.9. The number of benzene rings is 1. The molecule has 0 atom stereocenters. The van der Waals surface area contributed by atoms with Crippen molar-refractivity contribution in [1.82, 2.24) is 9.78 Å². The van der Waals surface area contributed by atoms with E-state index in [1.54, 1.807) is 6.07 Å². The fourth-order valence-corrected chi connectivity index (χ4v) is 2.35. The molecule has 0 bridgehead atoms. The van der Waals surface area contributed by atoms with Gasteiger partial charge in [-0.3, -0.25) is 4.68 Å². The van der Waals surface area contributed by atoms with Crippen LogP contribution in [0.1, 0.15) is 23.9 Å². The number of rotatable bonds is 5. The molecule has 1 aromatic carbocycles. The molecule has 1 heterocycles. The minimum absolute atomic E-state index is 0.218. The third-order valence-electron chi connectivity index (χ3n) is 2.94. The molecular weight excluding hydrogens is 327 g/mol. The van der Waals surface area contributed by atoms with Crippen molar-refractivity contribution >= 4 is 15.9 Å². The van der Waals surface area contributed by atoms with Crippen LogP contribution in [0.25, 0.3) is 0 Å².